The van der Waals surface area contributed by atoms with E-state index in [0.29, 0.717) is 25.2 Å². The van der Waals surface area contributed by atoms with Crippen LogP contribution in [0.4, 0.5) is 0 Å². The molecule has 0 N–H and O–H groups in total. The van der Waals surface area contributed by atoms with Crippen molar-refractivity contribution in [2.45, 2.75) is 38.8 Å². The molecule has 0 aliphatic carbocycles. The van der Waals surface area contributed by atoms with E-state index < -0.39 is 0 Å². The number of rotatable bonds is 5. The molecule has 2 aromatic rings. The molecule has 2 atom stereocenters. The largest absolute Gasteiger partial charge is 0.338 e. The number of hydrogen-bond acceptors (Lipinski definition) is 3. The van der Waals surface area contributed by atoms with Crippen LogP contribution >= 0.6 is 0 Å². The van der Waals surface area contributed by atoms with Gasteiger partial charge in [-0.2, -0.15) is 5.10 Å². The second-order valence-corrected chi connectivity index (χ2v) is 7.58. The van der Waals surface area contributed by atoms with E-state index in [1.54, 1.807) is 10.9 Å². The highest BCUT2D eigenvalue weighted by atomic mass is 16.2. The molecule has 0 unspecified atom stereocenters. The van der Waals surface area contributed by atoms with Crippen LogP contribution in [0.25, 0.3) is 0 Å². The average molecular weight is 366 g/mol. The lowest BCUT2D eigenvalue weighted by atomic mass is 9.94. The first-order valence-electron chi connectivity index (χ1n) is 9.82. The molecule has 3 aliphatic heterocycles. The smallest absolute Gasteiger partial charge is 0.257 e. The van der Waals surface area contributed by atoms with Crippen LogP contribution in [-0.2, 0) is 11.3 Å². The van der Waals surface area contributed by atoms with Gasteiger partial charge in [0, 0.05) is 31.9 Å². The molecule has 6 heteroatoms. The number of benzene rings is 1. The van der Waals surface area contributed by atoms with Gasteiger partial charge >= 0.3 is 0 Å². The van der Waals surface area contributed by atoms with Crippen LogP contribution in [0.2, 0.25) is 0 Å². The topological polar surface area (TPSA) is 58.4 Å². The summed E-state index contributed by atoms with van der Waals surface area (Å²) in [7, 11) is 0. The molecule has 1 aromatic heterocycles. The van der Waals surface area contributed by atoms with Crippen molar-refractivity contribution < 1.29 is 9.59 Å². The van der Waals surface area contributed by atoms with E-state index in [1.807, 2.05) is 46.3 Å². The molecular weight excluding hydrogens is 340 g/mol. The lowest BCUT2D eigenvalue weighted by Gasteiger charge is -2.35. The van der Waals surface area contributed by atoms with E-state index >= 15 is 0 Å². The number of carbonyl (C=O) groups is 2. The summed E-state index contributed by atoms with van der Waals surface area (Å²) in [6, 6.07) is 10.2. The average Bonchev–Trinajstić information content (AvgIpc) is 2.97. The van der Waals surface area contributed by atoms with E-state index in [0.717, 1.165) is 31.4 Å². The molecule has 4 heterocycles. The standard InChI is InChI=1S/C21H26N4O2/c1-2-10-25-19-9-8-17(21(25)27)13-23(15-19)20(26)18-11-22-24(14-18)12-16-6-4-3-5-7-16/h3-7,11,14,17,19H,2,8-10,12-13,15H2,1H3/t17-,19+/m0/s1. The molecule has 27 heavy (non-hydrogen) atoms. The van der Waals surface area contributed by atoms with E-state index in [1.165, 1.54) is 0 Å². The summed E-state index contributed by atoms with van der Waals surface area (Å²) in [5, 5.41) is 4.36. The summed E-state index contributed by atoms with van der Waals surface area (Å²) in [4.78, 5) is 29.6. The van der Waals surface area contributed by atoms with E-state index in [-0.39, 0.29) is 23.8 Å². The highest BCUT2D eigenvalue weighted by Crippen LogP contribution is 2.30. The lowest BCUT2D eigenvalue weighted by Crippen LogP contribution is -2.48. The SMILES string of the molecule is CCCN1C(=O)[C@H]2CC[C@@H]1CN(C(=O)c1cnn(Cc3ccccc3)c1)C2. The maximum absolute atomic E-state index is 13.1. The third-order valence-electron chi connectivity index (χ3n) is 5.61. The fourth-order valence-electron chi connectivity index (χ4n) is 4.25. The number of piperidine rings is 1. The second kappa shape index (κ2) is 7.55. The third-order valence-corrected chi connectivity index (χ3v) is 5.61. The van der Waals surface area contributed by atoms with Gasteiger partial charge in [-0.15, -0.1) is 0 Å². The zero-order chi connectivity index (χ0) is 18.8. The van der Waals surface area contributed by atoms with E-state index in [9.17, 15) is 9.59 Å². The number of aromatic nitrogens is 2. The van der Waals surface area contributed by atoms with Gasteiger partial charge in [0.05, 0.1) is 24.2 Å². The van der Waals surface area contributed by atoms with Crippen LogP contribution in [0.15, 0.2) is 42.7 Å². The van der Waals surface area contributed by atoms with Crippen molar-refractivity contribution in [1.29, 1.82) is 0 Å². The summed E-state index contributed by atoms with van der Waals surface area (Å²) in [5.74, 6) is 0.152. The third kappa shape index (κ3) is 3.61. The number of hydrogen-bond donors (Lipinski definition) is 0. The molecule has 6 nitrogen and oxygen atoms in total. The first-order chi connectivity index (χ1) is 13.2. The molecule has 3 fully saturated rings. The number of fused-ring (bicyclic) bond motifs is 4. The van der Waals surface area contributed by atoms with Gasteiger partial charge in [0.1, 0.15) is 0 Å². The monoisotopic (exact) mass is 366 g/mol. The molecule has 0 spiro atoms. The minimum Gasteiger partial charge on any atom is -0.338 e. The van der Waals surface area contributed by atoms with Crippen molar-refractivity contribution in [2.75, 3.05) is 19.6 Å². The molecule has 0 radical (unpaired) electrons. The first kappa shape index (κ1) is 17.8. The van der Waals surface area contributed by atoms with Crippen LogP contribution in [0.5, 0.6) is 0 Å². The summed E-state index contributed by atoms with van der Waals surface area (Å²) >= 11 is 0. The number of nitrogens with zero attached hydrogens (tertiary/aromatic N) is 4. The van der Waals surface area contributed by atoms with Crippen molar-refractivity contribution in [3.8, 4) is 0 Å². The zero-order valence-electron chi connectivity index (χ0n) is 15.8. The fourth-order valence-corrected chi connectivity index (χ4v) is 4.25. The molecule has 0 saturated carbocycles. The number of carbonyl (C=O) groups excluding carboxylic acids is 2. The second-order valence-electron chi connectivity index (χ2n) is 7.58. The van der Waals surface area contributed by atoms with Crippen LogP contribution < -0.4 is 0 Å². The maximum atomic E-state index is 13.1. The molecule has 1 aromatic carbocycles. The molecule has 5 rings (SSSR count). The van der Waals surface area contributed by atoms with Crippen LogP contribution in [0.3, 0.4) is 0 Å². The predicted octanol–water partition coefficient (Wildman–Crippen LogP) is 2.40. The van der Waals surface area contributed by atoms with Gasteiger partial charge in [0.15, 0.2) is 0 Å². The Hall–Kier alpha value is -2.63. The van der Waals surface area contributed by atoms with Gasteiger partial charge in [-0.25, -0.2) is 0 Å². The highest BCUT2D eigenvalue weighted by Gasteiger charge is 2.41. The van der Waals surface area contributed by atoms with Gasteiger partial charge in [-0.3, -0.25) is 14.3 Å². The normalized spacial score (nSPS) is 22.2. The maximum Gasteiger partial charge on any atom is 0.257 e. The molecule has 142 valence electrons. The van der Waals surface area contributed by atoms with Gasteiger partial charge in [-0.05, 0) is 24.8 Å². The molecule has 2 amide bonds. The molecule has 2 bridgehead atoms. The van der Waals surface area contributed by atoms with Gasteiger partial charge in [0.25, 0.3) is 5.91 Å². The quantitative estimate of drug-likeness (QED) is 0.816. The lowest BCUT2D eigenvalue weighted by molar-refractivity contribution is -0.139. The zero-order valence-corrected chi connectivity index (χ0v) is 15.8. The Bertz CT molecular complexity index is 817. The Morgan fingerprint density at radius 3 is 2.78 bits per heavy atom. The van der Waals surface area contributed by atoms with Crippen LogP contribution in [0, 0.1) is 5.92 Å². The Balaban J connectivity index is 1.48. The van der Waals surface area contributed by atoms with E-state index in [4.69, 9.17) is 0 Å². The minimum atomic E-state index is -0.0568. The van der Waals surface area contributed by atoms with Crippen LogP contribution in [0.1, 0.15) is 42.1 Å². The van der Waals surface area contributed by atoms with Crippen molar-refractivity contribution in [3.63, 3.8) is 0 Å². The van der Waals surface area contributed by atoms with Crippen molar-refractivity contribution in [2.24, 2.45) is 5.92 Å². The Kier molecular flexibility index (Phi) is 4.97. The summed E-state index contributed by atoms with van der Waals surface area (Å²) in [6.45, 7) is 4.68. The van der Waals surface area contributed by atoms with Gasteiger partial charge in [0.2, 0.25) is 5.91 Å². The number of amides is 2. The summed E-state index contributed by atoms with van der Waals surface area (Å²) in [5.41, 5.74) is 1.75. The van der Waals surface area contributed by atoms with Crippen molar-refractivity contribution in [3.05, 3.63) is 53.9 Å². The predicted molar refractivity (Wildman–Crippen MR) is 102 cm³/mol. The Morgan fingerprint density at radius 2 is 2.00 bits per heavy atom. The Morgan fingerprint density at radius 1 is 1.19 bits per heavy atom. The molecular formula is C21H26N4O2. The fraction of sp³-hybridized carbons (Fsp3) is 0.476. The summed E-state index contributed by atoms with van der Waals surface area (Å²) < 4.78 is 1.80. The molecule has 3 aliphatic rings. The van der Waals surface area contributed by atoms with Crippen molar-refractivity contribution in [1.82, 2.24) is 19.6 Å². The molecule has 3 saturated heterocycles. The van der Waals surface area contributed by atoms with Gasteiger partial charge in [-0.1, -0.05) is 37.3 Å². The highest BCUT2D eigenvalue weighted by molar-refractivity contribution is 5.94. The minimum absolute atomic E-state index is 0.0163. The van der Waals surface area contributed by atoms with E-state index in [2.05, 4.69) is 12.0 Å². The van der Waals surface area contributed by atoms with Crippen LogP contribution in [-0.4, -0.2) is 57.1 Å². The summed E-state index contributed by atoms with van der Waals surface area (Å²) in [6.07, 6.45) is 6.29. The first-order valence-corrected chi connectivity index (χ1v) is 9.82. The van der Waals surface area contributed by atoms with Gasteiger partial charge < -0.3 is 9.80 Å². The van der Waals surface area contributed by atoms with Crippen molar-refractivity contribution >= 4 is 11.8 Å². The Labute approximate surface area is 159 Å².